The van der Waals surface area contributed by atoms with Crippen molar-refractivity contribution in [2.24, 2.45) is 5.73 Å². The molecular weight excluding hydrogens is 220 g/mol. The van der Waals surface area contributed by atoms with Gasteiger partial charge in [-0.3, -0.25) is 4.98 Å². The summed E-state index contributed by atoms with van der Waals surface area (Å²) in [5.74, 6) is 0. The number of aliphatic hydroxyl groups is 1. The number of nitrogens with zero attached hydrogens (tertiary/aromatic N) is 1. The van der Waals surface area contributed by atoms with Crippen molar-refractivity contribution in [3.05, 3.63) is 28.5 Å². The van der Waals surface area contributed by atoms with Gasteiger partial charge in [-0.15, -0.1) is 0 Å². The predicted molar refractivity (Wildman–Crippen MR) is 50.6 cm³/mol. The molecule has 1 rings (SSSR count). The summed E-state index contributed by atoms with van der Waals surface area (Å²) in [5.41, 5.74) is 5.13. The Balaban J connectivity index is 3.03. The molecule has 0 aliphatic rings. The molecule has 3 nitrogen and oxygen atoms in total. The Kier molecular flexibility index (Phi) is 2.82. The van der Waals surface area contributed by atoms with E-state index in [4.69, 9.17) is 5.73 Å². The van der Waals surface area contributed by atoms with Gasteiger partial charge in [0.1, 0.15) is 5.60 Å². The molecule has 0 amide bonds. The second kappa shape index (κ2) is 3.51. The first kappa shape index (κ1) is 9.64. The van der Waals surface area contributed by atoms with E-state index < -0.39 is 5.60 Å². The number of hydrogen-bond donors (Lipinski definition) is 2. The number of rotatable bonds is 2. The molecule has 0 spiro atoms. The SMILES string of the molecule is CC(O)(CN)c1cncc(Br)c1. The topological polar surface area (TPSA) is 59.1 Å². The van der Waals surface area contributed by atoms with Gasteiger partial charge < -0.3 is 10.8 Å². The highest BCUT2D eigenvalue weighted by Crippen LogP contribution is 2.20. The third kappa shape index (κ3) is 2.03. The van der Waals surface area contributed by atoms with Crippen LogP contribution in [0.15, 0.2) is 22.9 Å². The second-order valence-electron chi connectivity index (χ2n) is 2.87. The van der Waals surface area contributed by atoms with E-state index in [9.17, 15) is 5.11 Å². The summed E-state index contributed by atoms with van der Waals surface area (Å²) in [7, 11) is 0. The Labute approximate surface area is 79.7 Å². The number of halogens is 1. The van der Waals surface area contributed by atoms with Gasteiger partial charge in [-0.2, -0.15) is 0 Å². The summed E-state index contributed by atoms with van der Waals surface area (Å²) < 4.78 is 0.841. The highest BCUT2D eigenvalue weighted by Gasteiger charge is 2.21. The Hall–Kier alpha value is -0.450. The zero-order chi connectivity index (χ0) is 9.19. The van der Waals surface area contributed by atoms with E-state index in [-0.39, 0.29) is 6.54 Å². The van der Waals surface area contributed by atoms with Crippen molar-refractivity contribution in [2.75, 3.05) is 6.54 Å². The van der Waals surface area contributed by atoms with E-state index in [0.29, 0.717) is 0 Å². The van der Waals surface area contributed by atoms with Crippen LogP contribution >= 0.6 is 15.9 Å². The largest absolute Gasteiger partial charge is 0.384 e. The second-order valence-corrected chi connectivity index (χ2v) is 3.79. The molecule has 1 aromatic rings. The molecule has 0 saturated heterocycles. The van der Waals surface area contributed by atoms with Gasteiger partial charge in [-0.25, -0.2) is 0 Å². The third-order valence-electron chi connectivity index (χ3n) is 1.72. The van der Waals surface area contributed by atoms with E-state index in [1.54, 1.807) is 25.4 Å². The van der Waals surface area contributed by atoms with Crippen LogP contribution in [0.25, 0.3) is 0 Å². The minimum absolute atomic E-state index is 0.186. The van der Waals surface area contributed by atoms with Crippen molar-refractivity contribution in [1.29, 1.82) is 0 Å². The van der Waals surface area contributed by atoms with E-state index in [1.165, 1.54) is 0 Å². The maximum absolute atomic E-state index is 9.73. The highest BCUT2D eigenvalue weighted by molar-refractivity contribution is 9.10. The van der Waals surface area contributed by atoms with Gasteiger partial charge in [0.15, 0.2) is 0 Å². The van der Waals surface area contributed by atoms with Gasteiger partial charge in [0.05, 0.1) is 0 Å². The Morgan fingerprint density at radius 3 is 2.83 bits per heavy atom. The molecule has 1 aromatic heterocycles. The molecule has 1 heterocycles. The predicted octanol–water partition coefficient (Wildman–Crippen LogP) is 1.01. The molecular formula is C8H11BrN2O. The molecule has 0 radical (unpaired) electrons. The van der Waals surface area contributed by atoms with Gasteiger partial charge in [-0.05, 0) is 28.9 Å². The summed E-state index contributed by atoms with van der Waals surface area (Å²) in [6.07, 6.45) is 3.27. The maximum Gasteiger partial charge on any atom is 0.100 e. The number of nitrogens with two attached hydrogens (primary N) is 1. The van der Waals surface area contributed by atoms with Gasteiger partial charge in [-0.1, -0.05) is 0 Å². The lowest BCUT2D eigenvalue weighted by Crippen LogP contribution is -2.31. The minimum atomic E-state index is -0.989. The Morgan fingerprint density at radius 2 is 2.33 bits per heavy atom. The monoisotopic (exact) mass is 230 g/mol. The normalized spacial score (nSPS) is 15.7. The van der Waals surface area contributed by atoms with E-state index in [2.05, 4.69) is 20.9 Å². The van der Waals surface area contributed by atoms with Crippen LogP contribution < -0.4 is 5.73 Å². The molecule has 0 aliphatic carbocycles. The summed E-state index contributed by atoms with van der Waals surface area (Å²) in [6.45, 7) is 1.85. The smallest absolute Gasteiger partial charge is 0.100 e. The van der Waals surface area contributed by atoms with Crippen LogP contribution in [-0.4, -0.2) is 16.6 Å². The summed E-state index contributed by atoms with van der Waals surface area (Å²) >= 11 is 3.27. The third-order valence-corrected chi connectivity index (χ3v) is 2.16. The zero-order valence-electron chi connectivity index (χ0n) is 6.79. The number of pyridine rings is 1. The van der Waals surface area contributed by atoms with Crippen molar-refractivity contribution in [3.8, 4) is 0 Å². The number of aromatic nitrogens is 1. The van der Waals surface area contributed by atoms with Crippen molar-refractivity contribution >= 4 is 15.9 Å². The lowest BCUT2D eigenvalue weighted by atomic mass is 9.98. The van der Waals surface area contributed by atoms with Crippen molar-refractivity contribution in [1.82, 2.24) is 4.98 Å². The first-order chi connectivity index (χ1) is 5.56. The molecule has 0 aliphatic heterocycles. The van der Waals surface area contributed by atoms with Gasteiger partial charge in [0, 0.05) is 29.0 Å². The van der Waals surface area contributed by atoms with Crippen LogP contribution in [0.3, 0.4) is 0 Å². The van der Waals surface area contributed by atoms with Crippen LogP contribution in [-0.2, 0) is 5.60 Å². The number of hydrogen-bond acceptors (Lipinski definition) is 3. The highest BCUT2D eigenvalue weighted by atomic mass is 79.9. The van der Waals surface area contributed by atoms with Crippen LogP contribution in [0.2, 0.25) is 0 Å². The van der Waals surface area contributed by atoms with Crippen LogP contribution in [0.1, 0.15) is 12.5 Å². The molecule has 0 saturated carbocycles. The fraction of sp³-hybridized carbons (Fsp3) is 0.375. The molecule has 1 atom stereocenters. The molecule has 4 heteroatoms. The lowest BCUT2D eigenvalue weighted by molar-refractivity contribution is 0.0664. The Morgan fingerprint density at radius 1 is 1.67 bits per heavy atom. The summed E-state index contributed by atoms with van der Waals surface area (Å²) in [6, 6.07) is 1.81. The van der Waals surface area contributed by atoms with Crippen LogP contribution in [0.5, 0.6) is 0 Å². The lowest BCUT2D eigenvalue weighted by Gasteiger charge is -2.20. The molecule has 1 unspecified atom stereocenters. The minimum Gasteiger partial charge on any atom is -0.384 e. The molecule has 0 fully saturated rings. The van der Waals surface area contributed by atoms with Gasteiger partial charge >= 0.3 is 0 Å². The first-order valence-electron chi connectivity index (χ1n) is 3.60. The summed E-state index contributed by atoms with van der Waals surface area (Å²) in [5, 5.41) is 9.73. The van der Waals surface area contributed by atoms with E-state index in [0.717, 1.165) is 10.0 Å². The maximum atomic E-state index is 9.73. The molecule has 0 aromatic carbocycles. The Bertz CT molecular complexity index is 276. The zero-order valence-corrected chi connectivity index (χ0v) is 8.37. The standard InChI is InChI=1S/C8H11BrN2O/c1-8(12,5-10)6-2-7(9)4-11-3-6/h2-4,12H,5,10H2,1H3. The van der Waals surface area contributed by atoms with Gasteiger partial charge in [0.25, 0.3) is 0 Å². The molecule has 3 N–H and O–H groups in total. The molecule has 12 heavy (non-hydrogen) atoms. The van der Waals surface area contributed by atoms with E-state index >= 15 is 0 Å². The first-order valence-corrected chi connectivity index (χ1v) is 4.39. The average molecular weight is 231 g/mol. The van der Waals surface area contributed by atoms with Crippen molar-refractivity contribution in [2.45, 2.75) is 12.5 Å². The average Bonchev–Trinajstić information content (AvgIpc) is 2.05. The van der Waals surface area contributed by atoms with E-state index in [1.807, 2.05) is 0 Å². The van der Waals surface area contributed by atoms with Gasteiger partial charge in [0.2, 0.25) is 0 Å². The fourth-order valence-corrected chi connectivity index (χ4v) is 1.19. The molecule has 0 bridgehead atoms. The van der Waals surface area contributed by atoms with Crippen molar-refractivity contribution in [3.63, 3.8) is 0 Å². The van der Waals surface area contributed by atoms with Crippen molar-refractivity contribution < 1.29 is 5.11 Å². The summed E-state index contributed by atoms with van der Waals surface area (Å²) in [4.78, 5) is 3.94. The van der Waals surface area contributed by atoms with Crippen LogP contribution in [0.4, 0.5) is 0 Å². The van der Waals surface area contributed by atoms with Crippen LogP contribution in [0, 0.1) is 0 Å². The molecule has 66 valence electrons. The quantitative estimate of drug-likeness (QED) is 0.798. The fourth-order valence-electron chi connectivity index (χ4n) is 0.824.